The number of aryl methyl sites for hydroxylation is 2. The number of rotatable bonds is 10. The molecule has 4 rings (SSSR count). The van der Waals surface area contributed by atoms with Crippen molar-refractivity contribution in [2.24, 2.45) is 7.05 Å². The number of benzene rings is 2. The van der Waals surface area contributed by atoms with Crippen LogP contribution >= 0.6 is 0 Å². The number of nitrogens with zero attached hydrogens (tertiary/aromatic N) is 4. The Kier molecular flexibility index (Phi) is 8.96. The van der Waals surface area contributed by atoms with Gasteiger partial charge in [-0.25, -0.2) is 4.98 Å². The van der Waals surface area contributed by atoms with E-state index in [2.05, 4.69) is 15.4 Å². The number of hydrogen-bond acceptors (Lipinski definition) is 7. The van der Waals surface area contributed by atoms with Crippen LogP contribution in [0.2, 0.25) is 6.32 Å². The molecule has 0 aliphatic heterocycles. The molecule has 2 aromatic heterocycles. The largest absolute Gasteiger partial charge is 0.493 e. The van der Waals surface area contributed by atoms with Crippen LogP contribution in [0.1, 0.15) is 44.0 Å². The summed E-state index contributed by atoms with van der Waals surface area (Å²) in [6.07, 6.45) is -3.56. The summed E-state index contributed by atoms with van der Waals surface area (Å²) >= 11 is 0. The Balaban J connectivity index is 1.60. The topological polar surface area (TPSA) is 146 Å². The summed E-state index contributed by atoms with van der Waals surface area (Å²) < 4.78 is 47.2. The second kappa shape index (κ2) is 12.3. The molecule has 3 N–H and O–H groups in total. The van der Waals surface area contributed by atoms with Gasteiger partial charge < -0.3 is 20.1 Å². The molecule has 1 amide bonds. The third-order valence-electron chi connectivity index (χ3n) is 6.74. The van der Waals surface area contributed by atoms with Crippen LogP contribution in [-0.2, 0) is 24.4 Å². The summed E-state index contributed by atoms with van der Waals surface area (Å²) in [6, 6.07) is 9.29. The minimum Gasteiger partial charge on any atom is -0.493 e. The molecule has 0 spiro atoms. The second-order valence-electron chi connectivity index (χ2n) is 10.1. The molecule has 1 atom stereocenters. The zero-order chi connectivity index (χ0) is 31.5. The molecule has 0 saturated carbocycles. The standard InChI is InChI=1S/C29H29BF3N6O4/c1-5-7-21-23-24(39(4)38-21)26(40)37-25(36-23)19-12-17(9-11-22(19)43-6-2)30-15-28(3,42)27(41)35-18-10-8-16(14-34)20(13-18)29(31,32)33/h8-13,42H,5-7,15H2,1-4H3,(H,35,41)(H,36,37,40)/t28-/m0/s1. The van der Waals surface area contributed by atoms with Crippen molar-refractivity contribution in [2.45, 2.75) is 51.7 Å². The smallest absolute Gasteiger partial charge is 0.417 e. The van der Waals surface area contributed by atoms with Gasteiger partial charge >= 0.3 is 6.18 Å². The number of H-pyrrole nitrogens is 1. The molecular weight excluding hydrogens is 564 g/mol. The number of nitriles is 1. The lowest BCUT2D eigenvalue weighted by atomic mass is 9.62. The van der Waals surface area contributed by atoms with Crippen LogP contribution < -0.4 is 21.1 Å². The predicted molar refractivity (Wildman–Crippen MR) is 155 cm³/mol. The van der Waals surface area contributed by atoms with Crippen molar-refractivity contribution in [3.8, 4) is 23.2 Å². The molecule has 0 aliphatic carbocycles. The molecule has 0 fully saturated rings. The highest BCUT2D eigenvalue weighted by Crippen LogP contribution is 2.34. The van der Waals surface area contributed by atoms with E-state index in [-0.39, 0.29) is 23.4 Å². The van der Waals surface area contributed by atoms with E-state index in [1.54, 1.807) is 32.5 Å². The Morgan fingerprint density at radius 1 is 1.23 bits per heavy atom. The quantitative estimate of drug-likeness (QED) is 0.238. The van der Waals surface area contributed by atoms with E-state index in [1.165, 1.54) is 17.7 Å². The highest BCUT2D eigenvalue weighted by Gasteiger charge is 2.35. The maximum absolute atomic E-state index is 13.3. The Morgan fingerprint density at radius 2 is 1.98 bits per heavy atom. The molecule has 223 valence electrons. The zero-order valence-electron chi connectivity index (χ0n) is 24.0. The summed E-state index contributed by atoms with van der Waals surface area (Å²) in [5.41, 5.74) is -1.82. The van der Waals surface area contributed by atoms with E-state index in [0.29, 0.717) is 52.6 Å². The Bertz CT molecular complexity index is 1780. The molecule has 4 aromatic rings. The number of anilines is 1. The van der Waals surface area contributed by atoms with Crippen LogP contribution in [0.15, 0.2) is 41.2 Å². The first-order valence-electron chi connectivity index (χ1n) is 13.5. The Hall–Kier alpha value is -4.64. The zero-order valence-corrected chi connectivity index (χ0v) is 24.0. The number of carbonyl (C=O) groups excluding carboxylic acids is 1. The normalized spacial score (nSPS) is 12.9. The molecule has 0 aliphatic rings. The van der Waals surface area contributed by atoms with Gasteiger partial charge in [-0.1, -0.05) is 30.9 Å². The number of aliphatic hydroxyl groups is 1. The molecule has 0 bridgehead atoms. The van der Waals surface area contributed by atoms with Gasteiger partial charge in [0.25, 0.3) is 11.5 Å². The molecule has 43 heavy (non-hydrogen) atoms. The summed E-state index contributed by atoms with van der Waals surface area (Å²) in [5, 5.41) is 26.6. The van der Waals surface area contributed by atoms with Gasteiger partial charge in [0, 0.05) is 12.7 Å². The average molecular weight is 593 g/mol. The molecule has 2 aromatic carbocycles. The van der Waals surface area contributed by atoms with Gasteiger partial charge in [0.05, 0.1) is 35.1 Å². The summed E-state index contributed by atoms with van der Waals surface area (Å²) in [6.45, 7) is 5.38. The van der Waals surface area contributed by atoms with Gasteiger partial charge in [0.1, 0.15) is 22.7 Å². The van der Waals surface area contributed by atoms with Gasteiger partial charge in [-0.15, -0.1) is 0 Å². The number of halogens is 3. The van der Waals surface area contributed by atoms with Crippen LogP contribution in [0.25, 0.3) is 22.4 Å². The molecule has 0 saturated heterocycles. The predicted octanol–water partition coefficient (Wildman–Crippen LogP) is 3.70. The number of amides is 1. The van der Waals surface area contributed by atoms with E-state index in [9.17, 15) is 27.9 Å². The van der Waals surface area contributed by atoms with Crippen LogP contribution in [0, 0.1) is 11.3 Å². The molecule has 14 heteroatoms. The number of carbonyl (C=O) groups is 1. The lowest BCUT2D eigenvalue weighted by Crippen LogP contribution is -2.42. The maximum atomic E-state index is 13.3. The van der Waals surface area contributed by atoms with Crippen LogP contribution in [-0.4, -0.2) is 50.2 Å². The van der Waals surface area contributed by atoms with Crippen molar-refractivity contribution in [3.63, 3.8) is 0 Å². The highest BCUT2D eigenvalue weighted by atomic mass is 19.4. The van der Waals surface area contributed by atoms with Crippen molar-refractivity contribution in [1.82, 2.24) is 19.7 Å². The first kappa shape index (κ1) is 31.3. The minimum atomic E-state index is -4.80. The number of aromatic nitrogens is 4. The number of hydrogen-bond donors (Lipinski definition) is 3. The first-order chi connectivity index (χ1) is 20.3. The molecular formula is C29H29BF3N6O4. The summed E-state index contributed by atoms with van der Waals surface area (Å²) in [7, 11) is 3.25. The number of alkyl halides is 3. The number of ether oxygens (including phenoxy) is 1. The second-order valence-corrected chi connectivity index (χ2v) is 10.1. The molecule has 0 unspecified atom stereocenters. The fourth-order valence-electron chi connectivity index (χ4n) is 4.55. The van der Waals surface area contributed by atoms with Crippen LogP contribution in [0.4, 0.5) is 18.9 Å². The fraction of sp³-hybridized carbons (Fsp3) is 0.345. The van der Waals surface area contributed by atoms with E-state index in [4.69, 9.17) is 15.0 Å². The number of nitrogens with one attached hydrogen (secondary N) is 2. The average Bonchev–Trinajstić information content (AvgIpc) is 3.27. The Morgan fingerprint density at radius 3 is 2.63 bits per heavy atom. The number of fused-ring (bicyclic) bond motifs is 1. The van der Waals surface area contributed by atoms with Gasteiger partial charge in [-0.3, -0.25) is 14.3 Å². The first-order valence-corrected chi connectivity index (χ1v) is 13.5. The van der Waals surface area contributed by atoms with E-state index >= 15 is 0 Å². The molecule has 1 radical (unpaired) electrons. The fourth-order valence-corrected chi connectivity index (χ4v) is 4.55. The highest BCUT2D eigenvalue weighted by molar-refractivity contribution is 6.54. The van der Waals surface area contributed by atoms with Gasteiger partial charge in [-0.05, 0) is 50.9 Å². The van der Waals surface area contributed by atoms with Crippen molar-refractivity contribution >= 4 is 35.4 Å². The summed E-state index contributed by atoms with van der Waals surface area (Å²) in [5.74, 6) is -0.231. The van der Waals surface area contributed by atoms with Crippen molar-refractivity contribution < 1.29 is 27.8 Å². The van der Waals surface area contributed by atoms with Crippen molar-refractivity contribution in [1.29, 1.82) is 5.26 Å². The van der Waals surface area contributed by atoms with Gasteiger partial charge in [0.2, 0.25) is 0 Å². The maximum Gasteiger partial charge on any atom is 0.417 e. The van der Waals surface area contributed by atoms with E-state index in [0.717, 1.165) is 18.6 Å². The monoisotopic (exact) mass is 593 g/mol. The minimum absolute atomic E-state index is 0.207. The van der Waals surface area contributed by atoms with E-state index in [1.807, 2.05) is 13.8 Å². The van der Waals surface area contributed by atoms with E-state index < -0.39 is 28.8 Å². The van der Waals surface area contributed by atoms with Crippen LogP contribution in [0.5, 0.6) is 5.75 Å². The Labute approximate surface area is 245 Å². The molecule has 2 heterocycles. The van der Waals surface area contributed by atoms with Crippen molar-refractivity contribution in [3.05, 3.63) is 63.6 Å². The SMILES string of the molecule is CCCc1nn(C)c2c(=O)[nH]c(-c3cc([B]C[C@](C)(O)C(=O)Nc4ccc(C#N)c(C(F)(F)F)c4)ccc3OCC)nc12. The molecule has 10 nitrogen and oxygen atoms in total. The third-order valence-corrected chi connectivity index (χ3v) is 6.74. The number of aromatic amines is 1. The van der Waals surface area contributed by atoms with Crippen molar-refractivity contribution in [2.75, 3.05) is 11.9 Å². The summed E-state index contributed by atoms with van der Waals surface area (Å²) in [4.78, 5) is 33.3. The lowest BCUT2D eigenvalue weighted by Gasteiger charge is -2.23. The lowest BCUT2D eigenvalue weighted by molar-refractivity contribution is -0.137. The third kappa shape index (κ3) is 6.72. The van der Waals surface area contributed by atoms with Crippen LogP contribution in [0.3, 0.4) is 0 Å². The van der Waals surface area contributed by atoms with Gasteiger partial charge in [0.15, 0.2) is 12.8 Å². The van der Waals surface area contributed by atoms with Gasteiger partial charge in [-0.2, -0.15) is 23.5 Å².